The minimum absolute atomic E-state index is 0.0335. The third-order valence-corrected chi connectivity index (χ3v) is 3.51. The molecule has 0 bridgehead atoms. The topological polar surface area (TPSA) is 12.0 Å². The Morgan fingerprint density at radius 3 is 1.85 bits per heavy atom. The third kappa shape index (κ3) is 3.42. The van der Waals surface area contributed by atoms with E-state index in [1.165, 1.54) is 24.3 Å². The molecule has 0 heterocycles. The van der Waals surface area contributed by atoms with Gasteiger partial charge in [-0.25, -0.2) is 8.78 Å². The number of halogens is 2. The van der Waals surface area contributed by atoms with Crippen LogP contribution in [-0.4, -0.2) is 13.6 Å². The molecule has 106 valence electrons. The molecular formula is C17H19F2N. The molecule has 0 saturated heterocycles. The van der Waals surface area contributed by atoms with E-state index in [4.69, 9.17) is 0 Å². The predicted octanol–water partition coefficient (Wildman–Crippen LogP) is 3.95. The van der Waals surface area contributed by atoms with Crippen molar-refractivity contribution >= 4 is 0 Å². The average Bonchev–Trinajstić information content (AvgIpc) is 2.39. The van der Waals surface area contributed by atoms with Gasteiger partial charge in [-0.3, -0.25) is 0 Å². The first-order valence-corrected chi connectivity index (χ1v) is 6.77. The van der Waals surface area contributed by atoms with Crippen LogP contribution in [0.5, 0.6) is 0 Å². The third-order valence-electron chi connectivity index (χ3n) is 3.51. The SMILES string of the molecule is CNC[C@H](C)C(c1cccc(F)c1)c1cccc(F)c1. The van der Waals surface area contributed by atoms with Crippen LogP contribution in [0.2, 0.25) is 0 Å². The maximum atomic E-state index is 13.5. The van der Waals surface area contributed by atoms with E-state index in [0.717, 1.165) is 17.7 Å². The van der Waals surface area contributed by atoms with Crippen LogP contribution < -0.4 is 5.32 Å². The van der Waals surface area contributed by atoms with Crippen molar-refractivity contribution in [2.24, 2.45) is 5.92 Å². The lowest BCUT2D eigenvalue weighted by Gasteiger charge is -2.25. The minimum atomic E-state index is -0.263. The summed E-state index contributed by atoms with van der Waals surface area (Å²) in [7, 11) is 1.88. The Balaban J connectivity index is 2.44. The molecule has 1 N–H and O–H groups in total. The second-order valence-corrected chi connectivity index (χ2v) is 5.12. The highest BCUT2D eigenvalue weighted by atomic mass is 19.1. The van der Waals surface area contributed by atoms with Crippen molar-refractivity contribution in [2.45, 2.75) is 12.8 Å². The predicted molar refractivity (Wildman–Crippen MR) is 77.7 cm³/mol. The van der Waals surface area contributed by atoms with Crippen LogP contribution in [0.25, 0.3) is 0 Å². The van der Waals surface area contributed by atoms with Gasteiger partial charge in [-0.1, -0.05) is 31.2 Å². The van der Waals surface area contributed by atoms with Crippen molar-refractivity contribution in [3.05, 3.63) is 71.3 Å². The van der Waals surface area contributed by atoms with Crippen molar-refractivity contribution in [3.8, 4) is 0 Å². The standard InChI is InChI=1S/C17H19F2N/c1-12(11-20-2)17(13-5-3-7-15(18)9-13)14-6-4-8-16(19)10-14/h3-10,12,17,20H,11H2,1-2H3/t12-/m0/s1. The first-order valence-electron chi connectivity index (χ1n) is 6.77. The van der Waals surface area contributed by atoms with E-state index in [0.29, 0.717) is 0 Å². The molecule has 2 aromatic rings. The van der Waals surface area contributed by atoms with E-state index < -0.39 is 0 Å². The van der Waals surface area contributed by atoms with Gasteiger partial charge in [0, 0.05) is 5.92 Å². The fourth-order valence-electron chi connectivity index (χ4n) is 2.69. The molecule has 0 aromatic heterocycles. The Morgan fingerprint density at radius 2 is 1.45 bits per heavy atom. The minimum Gasteiger partial charge on any atom is -0.319 e. The summed E-state index contributed by atoms with van der Waals surface area (Å²) in [5.74, 6) is -0.335. The molecule has 0 aliphatic heterocycles. The summed E-state index contributed by atoms with van der Waals surface area (Å²) in [6, 6.07) is 13.1. The molecule has 0 amide bonds. The summed E-state index contributed by atoms with van der Waals surface area (Å²) in [4.78, 5) is 0. The number of rotatable bonds is 5. The Morgan fingerprint density at radius 1 is 0.950 bits per heavy atom. The molecule has 3 heteroatoms. The molecular weight excluding hydrogens is 256 g/mol. The number of hydrogen-bond donors (Lipinski definition) is 1. The molecule has 0 fully saturated rings. The van der Waals surface area contributed by atoms with E-state index in [2.05, 4.69) is 12.2 Å². The van der Waals surface area contributed by atoms with Crippen molar-refractivity contribution in [2.75, 3.05) is 13.6 Å². The summed E-state index contributed by atoms with van der Waals surface area (Å²) in [6.45, 7) is 2.86. The molecule has 2 aromatic carbocycles. The largest absolute Gasteiger partial charge is 0.319 e. The second kappa shape index (κ2) is 6.62. The molecule has 1 nitrogen and oxygen atoms in total. The highest BCUT2D eigenvalue weighted by Crippen LogP contribution is 2.32. The highest BCUT2D eigenvalue weighted by Gasteiger charge is 2.21. The molecule has 1 atom stereocenters. The van der Waals surface area contributed by atoms with Crippen molar-refractivity contribution < 1.29 is 8.78 Å². The fourth-order valence-corrected chi connectivity index (χ4v) is 2.69. The van der Waals surface area contributed by atoms with Gasteiger partial charge in [-0.05, 0) is 54.9 Å². The van der Waals surface area contributed by atoms with Crippen LogP contribution in [0.3, 0.4) is 0 Å². The van der Waals surface area contributed by atoms with Crippen molar-refractivity contribution in [1.82, 2.24) is 5.32 Å². The van der Waals surface area contributed by atoms with Crippen LogP contribution in [0, 0.1) is 17.6 Å². The molecule has 0 unspecified atom stereocenters. The second-order valence-electron chi connectivity index (χ2n) is 5.12. The zero-order valence-electron chi connectivity index (χ0n) is 11.7. The lowest BCUT2D eigenvalue weighted by atomic mass is 9.81. The number of benzene rings is 2. The summed E-state index contributed by atoms with van der Waals surface area (Å²) in [6.07, 6.45) is 0. The van der Waals surface area contributed by atoms with Crippen LogP contribution in [0.4, 0.5) is 8.78 Å². The van der Waals surface area contributed by atoms with E-state index in [9.17, 15) is 8.78 Å². The van der Waals surface area contributed by atoms with Gasteiger partial charge in [0.15, 0.2) is 0 Å². The van der Waals surface area contributed by atoms with E-state index in [-0.39, 0.29) is 23.5 Å². The highest BCUT2D eigenvalue weighted by molar-refractivity contribution is 5.34. The van der Waals surface area contributed by atoms with Gasteiger partial charge in [-0.15, -0.1) is 0 Å². The fraction of sp³-hybridized carbons (Fsp3) is 0.294. The van der Waals surface area contributed by atoms with Gasteiger partial charge in [0.25, 0.3) is 0 Å². The van der Waals surface area contributed by atoms with Crippen LogP contribution in [0.1, 0.15) is 24.0 Å². The first-order chi connectivity index (χ1) is 9.61. The van der Waals surface area contributed by atoms with Crippen LogP contribution in [0.15, 0.2) is 48.5 Å². The van der Waals surface area contributed by atoms with Gasteiger partial charge >= 0.3 is 0 Å². The Kier molecular flexibility index (Phi) is 4.85. The zero-order valence-corrected chi connectivity index (χ0v) is 11.7. The summed E-state index contributed by atoms with van der Waals surface area (Å²) in [5, 5.41) is 3.13. The lowest BCUT2D eigenvalue weighted by Crippen LogP contribution is -2.23. The van der Waals surface area contributed by atoms with E-state index >= 15 is 0 Å². The quantitative estimate of drug-likeness (QED) is 0.871. The maximum Gasteiger partial charge on any atom is 0.123 e. The molecule has 0 aliphatic rings. The van der Waals surface area contributed by atoms with Gasteiger partial charge in [0.1, 0.15) is 11.6 Å². The lowest BCUT2D eigenvalue weighted by molar-refractivity contribution is 0.482. The first kappa shape index (κ1) is 14.7. The molecule has 20 heavy (non-hydrogen) atoms. The Labute approximate surface area is 118 Å². The summed E-state index contributed by atoms with van der Waals surface area (Å²) in [5.41, 5.74) is 1.75. The van der Waals surface area contributed by atoms with Gasteiger partial charge in [0.05, 0.1) is 0 Å². The molecule has 2 rings (SSSR count). The zero-order chi connectivity index (χ0) is 14.5. The van der Waals surface area contributed by atoms with Gasteiger partial charge in [-0.2, -0.15) is 0 Å². The Hall–Kier alpha value is -1.74. The van der Waals surface area contributed by atoms with Crippen molar-refractivity contribution in [3.63, 3.8) is 0 Å². The van der Waals surface area contributed by atoms with Gasteiger partial charge in [0.2, 0.25) is 0 Å². The van der Waals surface area contributed by atoms with Crippen molar-refractivity contribution in [1.29, 1.82) is 0 Å². The molecule has 0 radical (unpaired) electrons. The normalized spacial score (nSPS) is 12.7. The Bertz CT molecular complexity index is 523. The number of nitrogens with one attached hydrogen (secondary N) is 1. The van der Waals surface area contributed by atoms with Crippen LogP contribution in [-0.2, 0) is 0 Å². The molecule has 0 saturated carbocycles. The van der Waals surface area contributed by atoms with E-state index in [1.54, 1.807) is 12.1 Å². The average molecular weight is 275 g/mol. The monoisotopic (exact) mass is 275 g/mol. The summed E-state index contributed by atoms with van der Waals surface area (Å²) >= 11 is 0. The molecule has 0 spiro atoms. The summed E-state index contributed by atoms with van der Waals surface area (Å²) < 4.78 is 27.0. The van der Waals surface area contributed by atoms with Gasteiger partial charge < -0.3 is 5.32 Å². The molecule has 0 aliphatic carbocycles. The smallest absolute Gasteiger partial charge is 0.123 e. The maximum absolute atomic E-state index is 13.5. The van der Waals surface area contributed by atoms with E-state index in [1.807, 2.05) is 19.2 Å². The van der Waals surface area contributed by atoms with Crippen LogP contribution >= 0.6 is 0 Å². The number of hydrogen-bond acceptors (Lipinski definition) is 1.